The molecular weight excluding hydrogens is 346 g/mol. The molecule has 0 aliphatic carbocycles. The zero-order valence-electron chi connectivity index (χ0n) is 14.4. The van der Waals surface area contributed by atoms with Crippen LogP contribution in [0, 0.1) is 6.92 Å². The summed E-state index contributed by atoms with van der Waals surface area (Å²) < 4.78 is 28.1. The summed E-state index contributed by atoms with van der Waals surface area (Å²) in [6, 6.07) is 19.4. The fourth-order valence-corrected chi connectivity index (χ4v) is 4.75. The Balaban J connectivity index is 2.14. The normalized spacial score (nSPS) is 11.9. The molecule has 0 spiro atoms. The lowest BCUT2D eigenvalue weighted by atomic mass is 10.1. The van der Waals surface area contributed by atoms with Gasteiger partial charge in [0.1, 0.15) is 0 Å². The minimum absolute atomic E-state index is 0.101. The Bertz CT molecular complexity index is 1270. The first-order chi connectivity index (χ1) is 12.4. The van der Waals surface area contributed by atoms with Gasteiger partial charge in [0.25, 0.3) is 10.0 Å². The first kappa shape index (κ1) is 16.5. The van der Waals surface area contributed by atoms with E-state index in [1.807, 2.05) is 31.2 Å². The van der Waals surface area contributed by atoms with Crippen LogP contribution in [0.5, 0.6) is 0 Å². The van der Waals surface area contributed by atoms with E-state index in [1.54, 1.807) is 42.5 Å². The van der Waals surface area contributed by atoms with Gasteiger partial charge in [-0.3, -0.25) is 4.79 Å². The quantitative estimate of drug-likeness (QED) is 0.502. The van der Waals surface area contributed by atoms with Crippen molar-refractivity contribution in [2.75, 3.05) is 0 Å². The van der Waals surface area contributed by atoms with Gasteiger partial charge in [0, 0.05) is 16.3 Å². The highest BCUT2D eigenvalue weighted by Crippen LogP contribution is 2.33. The number of rotatable bonds is 3. The van der Waals surface area contributed by atoms with Crippen LogP contribution in [0.1, 0.15) is 22.8 Å². The van der Waals surface area contributed by atoms with Gasteiger partial charge >= 0.3 is 0 Å². The third-order valence-corrected chi connectivity index (χ3v) is 6.34. The first-order valence-corrected chi connectivity index (χ1v) is 9.70. The van der Waals surface area contributed by atoms with Gasteiger partial charge < -0.3 is 0 Å². The molecular formula is C21H17NO3S. The van der Waals surface area contributed by atoms with Gasteiger partial charge in [-0.15, -0.1) is 0 Å². The number of benzene rings is 3. The van der Waals surface area contributed by atoms with E-state index in [1.165, 1.54) is 10.9 Å². The second kappa shape index (κ2) is 5.81. The van der Waals surface area contributed by atoms with E-state index in [4.69, 9.17) is 0 Å². The van der Waals surface area contributed by atoms with Crippen LogP contribution in [0.25, 0.3) is 21.8 Å². The molecule has 0 atom stereocenters. The SMILES string of the molecule is CC(=O)c1ccc2c3ccccc3n(S(=O)(=O)c3ccc(C)cc3)c2c1. The molecule has 0 fully saturated rings. The van der Waals surface area contributed by atoms with E-state index < -0.39 is 10.0 Å². The number of nitrogens with zero attached hydrogens (tertiary/aromatic N) is 1. The number of hydrogen-bond donors (Lipinski definition) is 0. The Morgan fingerprint density at radius 2 is 1.50 bits per heavy atom. The van der Waals surface area contributed by atoms with Crippen molar-refractivity contribution in [3.05, 3.63) is 77.9 Å². The Hall–Kier alpha value is -2.92. The molecule has 0 N–H and O–H groups in total. The van der Waals surface area contributed by atoms with E-state index in [-0.39, 0.29) is 10.7 Å². The molecule has 0 saturated carbocycles. The second-order valence-electron chi connectivity index (χ2n) is 6.39. The molecule has 3 aromatic carbocycles. The molecule has 0 saturated heterocycles. The Labute approximate surface area is 151 Å². The van der Waals surface area contributed by atoms with Gasteiger partial charge in [0.05, 0.1) is 15.9 Å². The highest BCUT2D eigenvalue weighted by Gasteiger charge is 2.23. The van der Waals surface area contributed by atoms with Gasteiger partial charge in [-0.2, -0.15) is 0 Å². The molecule has 0 aliphatic heterocycles. The summed E-state index contributed by atoms with van der Waals surface area (Å²) in [6.45, 7) is 3.39. The van der Waals surface area contributed by atoms with Crippen molar-refractivity contribution in [2.24, 2.45) is 0 Å². The van der Waals surface area contributed by atoms with Crippen molar-refractivity contribution in [1.29, 1.82) is 0 Å². The molecule has 26 heavy (non-hydrogen) atoms. The summed E-state index contributed by atoms with van der Waals surface area (Å²) in [4.78, 5) is 12.0. The largest absolute Gasteiger partial charge is 0.295 e. The summed E-state index contributed by atoms with van der Waals surface area (Å²) in [5.74, 6) is -0.101. The van der Waals surface area contributed by atoms with Crippen LogP contribution in [0.3, 0.4) is 0 Å². The van der Waals surface area contributed by atoms with Crippen LogP contribution in [0.15, 0.2) is 71.6 Å². The third kappa shape index (κ3) is 2.44. The van der Waals surface area contributed by atoms with E-state index in [2.05, 4.69) is 0 Å². The maximum absolute atomic E-state index is 13.4. The summed E-state index contributed by atoms with van der Waals surface area (Å²) in [7, 11) is -3.80. The van der Waals surface area contributed by atoms with Gasteiger partial charge in [0.15, 0.2) is 5.78 Å². The number of ketones is 1. The lowest BCUT2D eigenvalue weighted by Crippen LogP contribution is -2.13. The van der Waals surface area contributed by atoms with Crippen LogP contribution in [0.2, 0.25) is 0 Å². The van der Waals surface area contributed by atoms with Crippen molar-refractivity contribution in [3.8, 4) is 0 Å². The number of aromatic nitrogens is 1. The van der Waals surface area contributed by atoms with Crippen LogP contribution < -0.4 is 0 Å². The number of hydrogen-bond acceptors (Lipinski definition) is 3. The van der Waals surface area contributed by atoms with Crippen LogP contribution >= 0.6 is 0 Å². The zero-order chi connectivity index (χ0) is 18.5. The van der Waals surface area contributed by atoms with Crippen molar-refractivity contribution in [2.45, 2.75) is 18.7 Å². The molecule has 5 heteroatoms. The molecule has 4 aromatic rings. The number of carbonyl (C=O) groups excluding carboxylic acids is 1. The molecule has 130 valence electrons. The number of fused-ring (bicyclic) bond motifs is 3. The molecule has 4 nitrogen and oxygen atoms in total. The molecule has 1 heterocycles. The average molecular weight is 363 g/mol. The number of para-hydroxylation sites is 1. The summed E-state index contributed by atoms with van der Waals surface area (Å²) >= 11 is 0. The molecule has 0 bridgehead atoms. The Kier molecular flexibility index (Phi) is 3.70. The van der Waals surface area contributed by atoms with Gasteiger partial charge in [-0.05, 0) is 38.1 Å². The van der Waals surface area contributed by atoms with Gasteiger partial charge in [-0.25, -0.2) is 12.4 Å². The van der Waals surface area contributed by atoms with E-state index in [9.17, 15) is 13.2 Å². The minimum atomic E-state index is -3.80. The van der Waals surface area contributed by atoms with E-state index >= 15 is 0 Å². The molecule has 0 aliphatic rings. The Morgan fingerprint density at radius 1 is 0.846 bits per heavy atom. The monoisotopic (exact) mass is 363 g/mol. The van der Waals surface area contributed by atoms with Crippen molar-refractivity contribution >= 4 is 37.6 Å². The molecule has 0 amide bonds. The standard InChI is InChI=1S/C21H17NO3S/c1-14-7-10-17(11-8-14)26(24,25)22-20-6-4-3-5-18(20)19-12-9-16(15(2)23)13-21(19)22/h3-13H,1-2H3. The molecule has 0 unspecified atom stereocenters. The van der Waals surface area contributed by atoms with Crippen molar-refractivity contribution in [3.63, 3.8) is 0 Å². The second-order valence-corrected chi connectivity index (χ2v) is 8.17. The van der Waals surface area contributed by atoms with Gasteiger partial charge in [-0.1, -0.05) is 48.0 Å². The van der Waals surface area contributed by atoms with E-state index in [0.29, 0.717) is 16.6 Å². The maximum atomic E-state index is 13.4. The summed E-state index contributed by atoms with van der Waals surface area (Å²) in [5.41, 5.74) is 2.59. The fourth-order valence-electron chi connectivity index (χ4n) is 3.23. The van der Waals surface area contributed by atoms with Crippen LogP contribution in [-0.2, 0) is 10.0 Å². The lowest BCUT2D eigenvalue weighted by Gasteiger charge is -2.10. The number of Topliss-reactive ketones (excluding diaryl/α,β-unsaturated/α-hetero) is 1. The third-order valence-electron chi connectivity index (χ3n) is 4.60. The predicted molar refractivity (Wildman–Crippen MR) is 103 cm³/mol. The maximum Gasteiger partial charge on any atom is 0.268 e. The highest BCUT2D eigenvalue weighted by molar-refractivity contribution is 7.90. The zero-order valence-corrected chi connectivity index (χ0v) is 15.2. The molecule has 4 rings (SSSR count). The van der Waals surface area contributed by atoms with E-state index in [0.717, 1.165) is 16.3 Å². The summed E-state index contributed by atoms with van der Waals surface area (Å²) in [6.07, 6.45) is 0. The van der Waals surface area contributed by atoms with Crippen molar-refractivity contribution < 1.29 is 13.2 Å². The fraction of sp³-hybridized carbons (Fsp3) is 0.0952. The predicted octanol–water partition coefficient (Wildman–Crippen LogP) is 4.54. The topological polar surface area (TPSA) is 56.1 Å². The van der Waals surface area contributed by atoms with Crippen molar-refractivity contribution in [1.82, 2.24) is 3.97 Å². The van der Waals surface area contributed by atoms with Crippen LogP contribution in [0.4, 0.5) is 0 Å². The average Bonchev–Trinajstić information content (AvgIpc) is 2.96. The van der Waals surface area contributed by atoms with Crippen LogP contribution in [-0.4, -0.2) is 18.2 Å². The minimum Gasteiger partial charge on any atom is -0.295 e. The lowest BCUT2D eigenvalue weighted by molar-refractivity contribution is 0.101. The molecule has 0 radical (unpaired) electrons. The Morgan fingerprint density at radius 3 is 2.19 bits per heavy atom. The summed E-state index contributed by atoms with van der Waals surface area (Å²) in [5, 5.41) is 1.65. The molecule has 1 aromatic heterocycles. The number of aryl methyl sites for hydroxylation is 1. The van der Waals surface area contributed by atoms with Gasteiger partial charge in [0.2, 0.25) is 0 Å². The first-order valence-electron chi connectivity index (χ1n) is 8.26. The highest BCUT2D eigenvalue weighted by atomic mass is 32.2. The number of carbonyl (C=O) groups is 1. The smallest absolute Gasteiger partial charge is 0.268 e.